The van der Waals surface area contributed by atoms with Crippen LogP contribution in [-0.2, 0) is 9.53 Å². The molecule has 2 rings (SSSR count). The van der Waals surface area contributed by atoms with Crippen molar-refractivity contribution in [2.75, 3.05) is 50.9 Å². The second-order valence-corrected chi connectivity index (χ2v) is 6.56. The van der Waals surface area contributed by atoms with Crippen LogP contribution in [0.3, 0.4) is 0 Å². The Morgan fingerprint density at radius 2 is 1.90 bits per heavy atom. The van der Waals surface area contributed by atoms with E-state index in [-0.39, 0.29) is 0 Å². The van der Waals surface area contributed by atoms with Crippen molar-refractivity contribution < 1.29 is 19.4 Å². The largest absolute Gasteiger partial charge is 0.480 e. The first-order chi connectivity index (χ1) is 10.1. The van der Waals surface area contributed by atoms with Crippen LogP contribution < -0.4 is 10.6 Å². The molecule has 2 saturated heterocycles. The average Bonchev–Trinajstić information content (AvgIpc) is 2.49. The molecule has 0 unspecified atom stereocenters. The lowest BCUT2D eigenvalue weighted by Crippen LogP contribution is -2.60. The minimum absolute atomic E-state index is 0.305. The van der Waals surface area contributed by atoms with Gasteiger partial charge in [-0.05, 0) is 0 Å². The molecule has 2 aliphatic heterocycles. The van der Waals surface area contributed by atoms with E-state index in [9.17, 15) is 14.7 Å². The van der Waals surface area contributed by atoms with E-state index in [1.807, 2.05) is 11.8 Å². The molecule has 21 heavy (non-hydrogen) atoms. The number of amides is 2. The molecule has 0 aromatic rings. The molecule has 0 saturated carbocycles. The summed E-state index contributed by atoms with van der Waals surface area (Å²) in [7, 11) is 0. The number of ether oxygens (including phenoxy) is 1. The van der Waals surface area contributed by atoms with Crippen LogP contribution in [-0.4, -0.2) is 78.4 Å². The number of carboxylic acids is 1. The maximum atomic E-state index is 11.9. The Bertz CT molecular complexity index is 368. The fourth-order valence-electron chi connectivity index (χ4n) is 2.53. The second kappa shape index (κ2) is 7.86. The lowest BCUT2D eigenvalue weighted by Gasteiger charge is -2.34. The topological polar surface area (TPSA) is 90.9 Å². The molecule has 0 aliphatic carbocycles. The van der Waals surface area contributed by atoms with Crippen molar-refractivity contribution in [2.24, 2.45) is 0 Å². The van der Waals surface area contributed by atoms with Gasteiger partial charge in [-0.25, -0.2) is 9.59 Å². The number of nitrogens with zero attached hydrogens (tertiary/aromatic N) is 1. The highest BCUT2D eigenvalue weighted by Crippen LogP contribution is 2.20. The Morgan fingerprint density at radius 3 is 2.52 bits per heavy atom. The highest BCUT2D eigenvalue weighted by molar-refractivity contribution is 7.99. The lowest BCUT2D eigenvalue weighted by molar-refractivity contribution is -0.148. The number of thioether (sulfide) groups is 1. The van der Waals surface area contributed by atoms with Crippen molar-refractivity contribution in [3.8, 4) is 0 Å². The zero-order chi connectivity index (χ0) is 15.1. The zero-order valence-corrected chi connectivity index (χ0v) is 12.9. The number of hydrogen-bond acceptors (Lipinski definition) is 5. The second-order valence-electron chi connectivity index (χ2n) is 5.33. The van der Waals surface area contributed by atoms with Crippen LogP contribution in [0.4, 0.5) is 4.79 Å². The van der Waals surface area contributed by atoms with Gasteiger partial charge in [0.05, 0.1) is 0 Å². The number of hydrogen-bond donors (Lipinski definition) is 3. The van der Waals surface area contributed by atoms with Gasteiger partial charge in [0.1, 0.15) is 5.54 Å². The molecule has 0 aromatic carbocycles. The molecule has 3 N–H and O–H groups in total. The van der Waals surface area contributed by atoms with Gasteiger partial charge >= 0.3 is 12.0 Å². The zero-order valence-electron chi connectivity index (χ0n) is 12.1. The van der Waals surface area contributed by atoms with E-state index in [2.05, 4.69) is 15.5 Å². The summed E-state index contributed by atoms with van der Waals surface area (Å²) in [5.41, 5.74) is -1.19. The first-order valence-corrected chi connectivity index (χ1v) is 8.45. The third-order valence-corrected chi connectivity index (χ3v) is 4.87. The minimum atomic E-state index is -1.19. The van der Waals surface area contributed by atoms with E-state index in [0.29, 0.717) is 32.6 Å². The minimum Gasteiger partial charge on any atom is -0.480 e. The van der Waals surface area contributed by atoms with Crippen LogP contribution in [0.25, 0.3) is 0 Å². The molecule has 120 valence electrons. The standard InChI is InChI=1S/C13H23N3O4S/c17-11(18)13(1-7-20-8-2-13)15-12(19)14-3-4-16-5-9-21-10-6-16/h1-10H2,(H,17,18)(H2,14,15,19). The first-order valence-electron chi connectivity index (χ1n) is 7.30. The van der Waals surface area contributed by atoms with Crippen molar-refractivity contribution in [1.29, 1.82) is 0 Å². The van der Waals surface area contributed by atoms with Gasteiger partial charge in [-0.3, -0.25) is 4.90 Å². The van der Waals surface area contributed by atoms with Crippen LogP contribution in [0, 0.1) is 0 Å². The van der Waals surface area contributed by atoms with Crippen molar-refractivity contribution in [2.45, 2.75) is 18.4 Å². The van der Waals surface area contributed by atoms with E-state index in [4.69, 9.17) is 4.74 Å². The van der Waals surface area contributed by atoms with E-state index in [1.54, 1.807) is 0 Å². The third-order valence-electron chi connectivity index (χ3n) is 3.93. The Balaban J connectivity index is 1.73. The SMILES string of the molecule is O=C(NCCN1CCSCC1)NC1(C(=O)O)CCOCC1. The Morgan fingerprint density at radius 1 is 1.24 bits per heavy atom. The fraction of sp³-hybridized carbons (Fsp3) is 0.846. The quantitative estimate of drug-likeness (QED) is 0.659. The highest BCUT2D eigenvalue weighted by Gasteiger charge is 2.41. The Hall–Kier alpha value is -0.990. The molecule has 0 radical (unpaired) electrons. The highest BCUT2D eigenvalue weighted by atomic mass is 32.2. The van der Waals surface area contributed by atoms with Gasteiger partial charge in [-0.1, -0.05) is 0 Å². The molecule has 0 spiro atoms. The van der Waals surface area contributed by atoms with E-state index >= 15 is 0 Å². The average molecular weight is 317 g/mol. The van der Waals surface area contributed by atoms with Gasteiger partial charge < -0.3 is 20.5 Å². The van der Waals surface area contributed by atoms with E-state index in [0.717, 1.165) is 31.1 Å². The molecule has 0 aromatic heterocycles. The summed E-state index contributed by atoms with van der Waals surface area (Å²) in [5, 5.41) is 14.7. The normalized spacial score (nSPS) is 22.5. The van der Waals surface area contributed by atoms with E-state index < -0.39 is 17.5 Å². The molecule has 8 heteroatoms. The molecular formula is C13H23N3O4S. The Labute approximate surface area is 128 Å². The summed E-state index contributed by atoms with van der Waals surface area (Å²) in [4.78, 5) is 25.6. The van der Waals surface area contributed by atoms with Crippen molar-refractivity contribution in [1.82, 2.24) is 15.5 Å². The fourth-order valence-corrected chi connectivity index (χ4v) is 3.50. The van der Waals surface area contributed by atoms with Crippen LogP contribution in [0.1, 0.15) is 12.8 Å². The predicted octanol–water partition coefficient (Wildman–Crippen LogP) is -0.0318. The smallest absolute Gasteiger partial charge is 0.329 e. The van der Waals surface area contributed by atoms with Gasteiger partial charge in [0.15, 0.2) is 0 Å². The van der Waals surface area contributed by atoms with Crippen LogP contribution in [0.2, 0.25) is 0 Å². The van der Waals surface area contributed by atoms with Crippen LogP contribution in [0.5, 0.6) is 0 Å². The maximum absolute atomic E-state index is 11.9. The van der Waals surface area contributed by atoms with Gasteiger partial charge in [0.25, 0.3) is 0 Å². The van der Waals surface area contributed by atoms with Gasteiger partial charge in [-0.2, -0.15) is 11.8 Å². The summed E-state index contributed by atoms with van der Waals surface area (Å²) in [6.45, 7) is 4.14. The number of rotatable bonds is 5. The Kier molecular flexibility index (Phi) is 6.13. The molecule has 2 heterocycles. The van der Waals surface area contributed by atoms with Crippen LogP contribution >= 0.6 is 11.8 Å². The number of carboxylic acid groups (broad SMARTS) is 1. The van der Waals surface area contributed by atoms with E-state index in [1.165, 1.54) is 0 Å². The molecule has 2 aliphatic rings. The molecule has 0 bridgehead atoms. The number of carbonyl (C=O) groups is 2. The lowest BCUT2D eigenvalue weighted by atomic mass is 9.90. The van der Waals surface area contributed by atoms with Gasteiger partial charge in [0, 0.05) is 63.7 Å². The number of aliphatic carboxylic acids is 1. The predicted molar refractivity (Wildman–Crippen MR) is 80.7 cm³/mol. The number of carbonyl (C=O) groups excluding carboxylic acids is 1. The maximum Gasteiger partial charge on any atom is 0.329 e. The summed E-state index contributed by atoms with van der Waals surface area (Å²) in [6.07, 6.45) is 0.609. The molecule has 7 nitrogen and oxygen atoms in total. The van der Waals surface area contributed by atoms with Gasteiger partial charge in [0.2, 0.25) is 0 Å². The molecule has 2 amide bonds. The summed E-state index contributed by atoms with van der Waals surface area (Å²) < 4.78 is 5.17. The molecular weight excluding hydrogens is 294 g/mol. The van der Waals surface area contributed by atoms with Crippen molar-refractivity contribution >= 4 is 23.8 Å². The van der Waals surface area contributed by atoms with Crippen molar-refractivity contribution in [3.05, 3.63) is 0 Å². The number of urea groups is 1. The van der Waals surface area contributed by atoms with Crippen molar-refractivity contribution in [3.63, 3.8) is 0 Å². The monoisotopic (exact) mass is 317 g/mol. The molecule has 2 fully saturated rings. The summed E-state index contributed by atoms with van der Waals surface area (Å²) in [5.74, 6) is 1.27. The molecule has 0 atom stereocenters. The van der Waals surface area contributed by atoms with Gasteiger partial charge in [-0.15, -0.1) is 0 Å². The van der Waals surface area contributed by atoms with Crippen LogP contribution in [0.15, 0.2) is 0 Å². The first kappa shape index (κ1) is 16.4. The number of nitrogens with one attached hydrogen (secondary N) is 2. The third kappa shape index (κ3) is 4.76. The summed E-state index contributed by atoms with van der Waals surface area (Å²) in [6, 6.07) is -0.411. The summed E-state index contributed by atoms with van der Waals surface area (Å²) >= 11 is 1.95.